The van der Waals surface area contributed by atoms with Gasteiger partial charge in [-0.1, -0.05) is 0 Å². The number of nitrogens with one attached hydrogen (secondary N) is 2. The van der Waals surface area contributed by atoms with Gasteiger partial charge < -0.3 is 0 Å². The van der Waals surface area contributed by atoms with Gasteiger partial charge in [-0.3, -0.25) is 15.2 Å². The van der Waals surface area contributed by atoms with Gasteiger partial charge in [0.25, 0.3) is 5.91 Å². The maximum absolute atomic E-state index is 11.7. The van der Waals surface area contributed by atoms with Crippen LogP contribution in [0.4, 0.5) is 13.2 Å². The monoisotopic (exact) mass is 219 g/mol. The molecule has 1 aromatic rings. The lowest BCUT2D eigenvalue weighted by Gasteiger charge is -2.09. The number of nitrogens with zero attached hydrogens (tertiary/aromatic N) is 1. The van der Waals surface area contributed by atoms with Gasteiger partial charge in [-0.2, -0.15) is 13.2 Å². The fourth-order valence-corrected chi connectivity index (χ4v) is 0.794. The molecule has 15 heavy (non-hydrogen) atoms. The summed E-state index contributed by atoms with van der Waals surface area (Å²) in [6.45, 7) is -1.28. The van der Waals surface area contributed by atoms with Crippen molar-refractivity contribution in [3.8, 4) is 0 Å². The van der Waals surface area contributed by atoms with Crippen LogP contribution in [-0.4, -0.2) is 23.6 Å². The molecule has 0 radical (unpaired) electrons. The Morgan fingerprint density at radius 2 is 2.20 bits per heavy atom. The van der Waals surface area contributed by atoms with Crippen LogP contribution in [0.1, 0.15) is 10.4 Å². The van der Waals surface area contributed by atoms with Gasteiger partial charge in [0, 0.05) is 12.4 Å². The first-order valence-corrected chi connectivity index (χ1v) is 3.99. The fraction of sp³-hybridized carbons (Fsp3) is 0.250. The lowest BCUT2D eigenvalue weighted by Crippen LogP contribution is -2.42. The standard InChI is InChI=1S/C8H8F3N3O/c9-8(10,11)5-13-14-7(15)6-2-1-3-12-4-6/h1-4,13H,5H2,(H,14,15). The molecule has 0 unspecified atom stereocenters. The van der Waals surface area contributed by atoms with Gasteiger partial charge in [-0.05, 0) is 12.1 Å². The quantitative estimate of drug-likeness (QED) is 0.742. The van der Waals surface area contributed by atoms with Crippen molar-refractivity contribution in [1.82, 2.24) is 15.8 Å². The molecule has 4 nitrogen and oxygen atoms in total. The van der Waals surface area contributed by atoms with Crippen LogP contribution in [0.15, 0.2) is 24.5 Å². The van der Waals surface area contributed by atoms with Crippen LogP contribution >= 0.6 is 0 Å². The van der Waals surface area contributed by atoms with E-state index in [0.29, 0.717) is 0 Å². The maximum Gasteiger partial charge on any atom is 0.402 e. The highest BCUT2D eigenvalue weighted by Gasteiger charge is 2.26. The molecule has 0 aliphatic carbocycles. The normalized spacial score (nSPS) is 11.1. The highest BCUT2D eigenvalue weighted by Crippen LogP contribution is 2.11. The molecule has 1 rings (SSSR count). The van der Waals surface area contributed by atoms with E-state index >= 15 is 0 Å². The van der Waals surface area contributed by atoms with Gasteiger partial charge >= 0.3 is 6.18 Å². The molecule has 0 saturated carbocycles. The number of aromatic nitrogens is 1. The number of halogens is 3. The van der Waals surface area contributed by atoms with Crippen molar-refractivity contribution in [3.63, 3.8) is 0 Å². The van der Waals surface area contributed by atoms with Gasteiger partial charge in [0.2, 0.25) is 0 Å². The molecule has 0 atom stereocenters. The first kappa shape index (κ1) is 11.4. The number of pyridine rings is 1. The number of amides is 1. The van der Waals surface area contributed by atoms with Gasteiger partial charge in [0.05, 0.1) is 5.56 Å². The first-order chi connectivity index (χ1) is 6.99. The Hall–Kier alpha value is -1.63. The summed E-state index contributed by atoms with van der Waals surface area (Å²) in [6.07, 6.45) is -1.65. The molecule has 0 spiro atoms. The number of carbonyl (C=O) groups is 1. The van der Waals surface area contributed by atoms with Crippen LogP contribution in [0.25, 0.3) is 0 Å². The number of carbonyl (C=O) groups excluding carboxylic acids is 1. The average molecular weight is 219 g/mol. The molecule has 1 heterocycles. The molecule has 0 saturated heterocycles. The highest BCUT2D eigenvalue weighted by molar-refractivity contribution is 5.93. The van der Waals surface area contributed by atoms with Crippen LogP contribution in [0.2, 0.25) is 0 Å². The third kappa shape index (κ3) is 4.41. The summed E-state index contributed by atoms with van der Waals surface area (Å²) in [5, 5.41) is 0. The summed E-state index contributed by atoms with van der Waals surface area (Å²) in [4.78, 5) is 14.8. The number of hydrogen-bond acceptors (Lipinski definition) is 3. The van der Waals surface area contributed by atoms with E-state index < -0.39 is 18.6 Å². The molecule has 82 valence electrons. The van der Waals surface area contributed by atoms with E-state index in [4.69, 9.17) is 0 Å². The van der Waals surface area contributed by atoms with E-state index in [1.807, 2.05) is 5.43 Å². The van der Waals surface area contributed by atoms with Crippen LogP contribution < -0.4 is 10.9 Å². The predicted molar refractivity (Wildman–Crippen MR) is 45.8 cm³/mol. The van der Waals surface area contributed by atoms with Crippen LogP contribution in [0.5, 0.6) is 0 Å². The highest BCUT2D eigenvalue weighted by atomic mass is 19.4. The molecule has 2 N–H and O–H groups in total. The molecule has 7 heteroatoms. The van der Waals surface area contributed by atoms with Gasteiger partial charge in [-0.15, -0.1) is 0 Å². The topological polar surface area (TPSA) is 54.0 Å². The average Bonchev–Trinajstić information content (AvgIpc) is 2.17. The largest absolute Gasteiger partial charge is 0.402 e. The lowest BCUT2D eigenvalue weighted by molar-refractivity contribution is -0.126. The third-order valence-electron chi connectivity index (χ3n) is 1.41. The van der Waals surface area contributed by atoms with Crippen molar-refractivity contribution in [2.75, 3.05) is 6.54 Å². The molecule has 0 aliphatic heterocycles. The summed E-state index contributed by atoms with van der Waals surface area (Å²) in [6, 6.07) is 2.95. The van der Waals surface area contributed by atoms with Gasteiger partial charge in [-0.25, -0.2) is 5.43 Å². The second-order valence-corrected chi connectivity index (χ2v) is 2.66. The summed E-state index contributed by atoms with van der Waals surface area (Å²) in [5.74, 6) is -0.660. The van der Waals surface area contributed by atoms with E-state index in [2.05, 4.69) is 4.98 Å². The van der Waals surface area contributed by atoms with Crippen molar-refractivity contribution in [1.29, 1.82) is 0 Å². The summed E-state index contributed by atoms with van der Waals surface area (Å²) >= 11 is 0. The molecule has 1 amide bonds. The Bertz CT molecular complexity index is 326. The SMILES string of the molecule is O=C(NNCC(F)(F)F)c1cccnc1. The van der Waals surface area contributed by atoms with Gasteiger partial charge in [0.1, 0.15) is 6.54 Å². The summed E-state index contributed by atoms with van der Waals surface area (Å²) in [5.41, 5.74) is 3.87. The molecule has 0 fully saturated rings. The zero-order valence-corrected chi connectivity index (χ0v) is 7.51. The van der Waals surface area contributed by atoms with Crippen LogP contribution in [-0.2, 0) is 0 Å². The molecular formula is C8H8F3N3O. The van der Waals surface area contributed by atoms with E-state index in [9.17, 15) is 18.0 Å². The zero-order chi connectivity index (χ0) is 11.3. The van der Waals surface area contributed by atoms with Crippen molar-refractivity contribution < 1.29 is 18.0 Å². The van der Waals surface area contributed by atoms with Crippen molar-refractivity contribution in [2.24, 2.45) is 0 Å². The van der Waals surface area contributed by atoms with Crippen molar-refractivity contribution in [3.05, 3.63) is 30.1 Å². The Morgan fingerprint density at radius 1 is 1.47 bits per heavy atom. The smallest absolute Gasteiger partial charge is 0.287 e. The second-order valence-electron chi connectivity index (χ2n) is 2.66. The second kappa shape index (κ2) is 4.74. The van der Waals surface area contributed by atoms with E-state index in [1.165, 1.54) is 24.5 Å². The van der Waals surface area contributed by atoms with Crippen molar-refractivity contribution >= 4 is 5.91 Å². The van der Waals surface area contributed by atoms with E-state index in [1.54, 1.807) is 5.43 Å². The van der Waals surface area contributed by atoms with Gasteiger partial charge in [0.15, 0.2) is 0 Å². The fourth-order valence-electron chi connectivity index (χ4n) is 0.794. The number of hydrogen-bond donors (Lipinski definition) is 2. The van der Waals surface area contributed by atoms with Crippen LogP contribution in [0, 0.1) is 0 Å². The first-order valence-electron chi connectivity index (χ1n) is 3.99. The minimum atomic E-state index is -4.36. The summed E-state index contributed by atoms with van der Waals surface area (Å²) in [7, 11) is 0. The van der Waals surface area contributed by atoms with E-state index in [-0.39, 0.29) is 5.56 Å². The molecule has 0 aromatic carbocycles. The zero-order valence-electron chi connectivity index (χ0n) is 7.51. The lowest BCUT2D eigenvalue weighted by atomic mass is 10.3. The number of rotatable bonds is 3. The summed E-state index contributed by atoms with van der Waals surface area (Å²) < 4.78 is 35.0. The Kier molecular flexibility index (Phi) is 3.62. The molecule has 1 aromatic heterocycles. The minimum absolute atomic E-state index is 0.187. The predicted octanol–water partition coefficient (Wildman–Crippen LogP) is 0.878. The Labute approximate surface area is 83.5 Å². The minimum Gasteiger partial charge on any atom is -0.287 e. The van der Waals surface area contributed by atoms with E-state index in [0.717, 1.165) is 0 Å². The van der Waals surface area contributed by atoms with Crippen molar-refractivity contribution in [2.45, 2.75) is 6.18 Å². The maximum atomic E-state index is 11.7. The van der Waals surface area contributed by atoms with Crippen LogP contribution in [0.3, 0.4) is 0 Å². The molecular weight excluding hydrogens is 211 g/mol. The Morgan fingerprint density at radius 3 is 2.73 bits per heavy atom. The number of alkyl halides is 3. The molecule has 0 aliphatic rings. The molecule has 0 bridgehead atoms. The third-order valence-corrected chi connectivity index (χ3v) is 1.41. The number of hydrazine groups is 1. The Balaban J connectivity index is 2.38.